The summed E-state index contributed by atoms with van der Waals surface area (Å²) in [5, 5.41) is 13.0. The molecule has 0 radical (unpaired) electrons. The molecular weight excluding hydrogens is 521 g/mol. The molecule has 4 aromatic rings. The zero-order valence-corrected chi connectivity index (χ0v) is 21.6. The minimum atomic E-state index is -4.56. The molecule has 0 aliphatic carbocycles. The number of aliphatic hydroxyl groups excluding tert-OH is 1. The highest BCUT2D eigenvalue weighted by Crippen LogP contribution is 2.37. The number of aliphatic hydroxyl groups is 1. The van der Waals surface area contributed by atoms with Crippen molar-refractivity contribution >= 4 is 34.0 Å². The van der Waals surface area contributed by atoms with Gasteiger partial charge in [0, 0.05) is 51.6 Å². The van der Waals surface area contributed by atoms with Gasteiger partial charge in [-0.1, -0.05) is 17.7 Å². The van der Waals surface area contributed by atoms with Crippen molar-refractivity contribution < 1.29 is 32.5 Å². The van der Waals surface area contributed by atoms with Crippen LogP contribution in [0.15, 0.2) is 54.7 Å². The van der Waals surface area contributed by atoms with Crippen LogP contribution in [0.25, 0.3) is 10.9 Å². The maximum absolute atomic E-state index is 14.0. The molecule has 1 atom stereocenters. The number of benzene rings is 3. The summed E-state index contributed by atoms with van der Waals surface area (Å²) in [4.78, 5) is 17.0. The SMILES string of the molecule is COc1cc(NC(C(=O)c2c[nH]c3cc(C)c(C(F)(F)F)cc23)c2ccc(Cl)cc2C)cc(OCCO)c1. The topological polar surface area (TPSA) is 83.6 Å². The molecule has 0 spiro atoms. The third-order valence-electron chi connectivity index (χ3n) is 6.19. The first-order valence-corrected chi connectivity index (χ1v) is 12.1. The Labute approximate surface area is 222 Å². The van der Waals surface area contributed by atoms with Crippen molar-refractivity contribution in [2.45, 2.75) is 26.1 Å². The number of rotatable bonds is 9. The first-order valence-electron chi connectivity index (χ1n) is 11.7. The van der Waals surface area contributed by atoms with Gasteiger partial charge < -0.3 is 24.9 Å². The van der Waals surface area contributed by atoms with Crippen molar-refractivity contribution in [1.29, 1.82) is 0 Å². The lowest BCUT2D eigenvalue weighted by atomic mass is 9.92. The van der Waals surface area contributed by atoms with Crippen molar-refractivity contribution in [1.82, 2.24) is 4.98 Å². The Hall–Kier alpha value is -3.69. The number of Topliss-reactive ketones (excluding diaryl/α,β-unsaturated/α-hetero) is 1. The van der Waals surface area contributed by atoms with Gasteiger partial charge in [-0.15, -0.1) is 0 Å². The Morgan fingerprint density at radius 2 is 1.82 bits per heavy atom. The van der Waals surface area contributed by atoms with Gasteiger partial charge in [0.2, 0.25) is 0 Å². The molecule has 1 aromatic heterocycles. The second-order valence-electron chi connectivity index (χ2n) is 8.82. The van der Waals surface area contributed by atoms with Crippen molar-refractivity contribution in [2.24, 2.45) is 0 Å². The number of hydrogen-bond acceptors (Lipinski definition) is 5. The molecule has 0 saturated carbocycles. The van der Waals surface area contributed by atoms with E-state index in [-0.39, 0.29) is 29.7 Å². The normalized spacial score (nSPS) is 12.4. The van der Waals surface area contributed by atoms with E-state index < -0.39 is 23.6 Å². The highest BCUT2D eigenvalue weighted by molar-refractivity contribution is 6.30. The number of aromatic amines is 1. The molecule has 0 saturated heterocycles. The molecule has 3 aromatic carbocycles. The third kappa shape index (κ3) is 5.74. The maximum Gasteiger partial charge on any atom is 0.416 e. The van der Waals surface area contributed by atoms with Crippen LogP contribution in [-0.2, 0) is 6.18 Å². The number of H-pyrrole nitrogens is 1. The lowest BCUT2D eigenvalue weighted by Gasteiger charge is -2.22. The number of alkyl halides is 3. The minimum absolute atomic E-state index is 0.0564. The lowest BCUT2D eigenvalue weighted by molar-refractivity contribution is -0.137. The van der Waals surface area contributed by atoms with E-state index in [4.69, 9.17) is 26.2 Å². The molecule has 4 rings (SSSR count). The van der Waals surface area contributed by atoms with Crippen LogP contribution < -0.4 is 14.8 Å². The number of ketones is 1. The molecule has 6 nitrogen and oxygen atoms in total. The largest absolute Gasteiger partial charge is 0.497 e. The van der Waals surface area contributed by atoms with E-state index in [1.165, 1.54) is 26.3 Å². The molecule has 0 aliphatic heterocycles. The number of ether oxygens (including phenoxy) is 2. The van der Waals surface area contributed by atoms with Crippen LogP contribution in [0.2, 0.25) is 5.02 Å². The van der Waals surface area contributed by atoms with Crippen LogP contribution in [0.4, 0.5) is 18.9 Å². The quantitative estimate of drug-likeness (QED) is 0.199. The summed E-state index contributed by atoms with van der Waals surface area (Å²) in [6.45, 7) is 3.04. The summed E-state index contributed by atoms with van der Waals surface area (Å²) in [6, 6.07) is 11.4. The molecule has 0 aliphatic rings. The monoisotopic (exact) mass is 546 g/mol. The third-order valence-corrected chi connectivity index (χ3v) is 6.42. The average Bonchev–Trinajstić information content (AvgIpc) is 3.27. The van der Waals surface area contributed by atoms with Gasteiger partial charge in [-0.2, -0.15) is 13.2 Å². The zero-order valence-electron chi connectivity index (χ0n) is 20.9. The molecule has 0 amide bonds. The van der Waals surface area contributed by atoms with E-state index in [1.807, 2.05) is 0 Å². The summed E-state index contributed by atoms with van der Waals surface area (Å²) in [5.74, 6) is 0.399. The van der Waals surface area contributed by atoms with Gasteiger partial charge >= 0.3 is 6.18 Å². The molecule has 38 heavy (non-hydrogen) atoms. The number of aryl methyl sites for hydroxylation is 2. The Bertz CT molecular complexity index is 1480. The zero-order chi connectivity index (χ0) is 27.6. The molecule has 0 fully saturated rings. The minimum Gasteiger partial charge on any atom is -0.497 e. The van der Waals surface area contributed by atoms with Crippen LogP contribution >= 0.6 is 11.6 Å². The van der Waals surface area contributed by atoms with Crippen LogP contribution in [0.5, 0.6) is 11.5 Å². The van der Waals surface area contributed by atoms with Crippen molar-refractivity contribution in [3.63, 3.8) is 0 Å². The van der Waals surface area contributed by atoms with Crippen molar-refractivity contribution in [2.75, 3.05) is 25.6 Å². The van der Waals surface area contributed by atoms with E-state index in [0.29, 0.717) is 33.3 Å². The molecular formula is C28H26ClF3N2O4. The predicted molar refractivity (Wildman–Crippen MR) is 140 cm³/mol. The molecule has 0 bridgehead atoms. The number of methoxy groups -OCH3 is 1. The summed E-state index contributed by atoms with van der Waals surface area (Å²) in [6.07, 6.45) is -3.14. The molecule has 1 unspecified atom stereocenters. The van der Waals surface area contributed by atoms with Crippen LogP contribution in [0.1, 0.15) is 38.7 Å². The molecule has 200 valence electrons. The second kappa shape index (κ2) is 11.0. The molecule has 3 N–H and O–H groups in total. The molecule has 1 heterocycles. The van der Waals surface area contributed by atoms with Crippen LogP contribution in [0.3, 0.4) is 0 Å². The summed E-state index contributed by atoms with van der Waals surface area (Å²) >= 11 is 6.15. The van der Waals surface area contributed by atoms with Crippen molar-refractivity contribution in [3.05, 3.63) is 87.6 Å². The maximum atomic E-state index is 14.0. The number of nitrogens with one attached hydrogen (secondary N) is 2. The number of halogens is 4. The number of fused-ring (bicyclic) bond motifs is 1. The fourth-order valence-corrected chi connectivity index (χ4v) is 4.60. The number of aromatic nitrogens is 1. The number of hydrogen-bond donors (Lipinski definition) is 3. The number of carbonyl (C=O) groups is 1. The van der Waals surface area contributed by atoms with Gasteiger partial charge in [-0.3, -0.25) is 4.79 Å². The van der Waals surface area contributed by atoms with Crippen LogP contribution in [-0.4, -0.2) is 36.2 Å². The summed E-state index contributed by atoms with van der Waals surface area (Å²) in [7, 11) is 1.48. The van der Waals surface area contributed by atoms with Gasteiger partial charge in [0.25, 0.3) is 0 Å². The second-order valence-corrected chi connectivity index (χ2v) is 9.26. The lowest BCUT2D eigenvalue weighted by Crippen LogP contribution is -2.22. The average molecular weight is 547 g/mol. The summed E-state index contributed by atoms with van der Waals surface area (Å²) < 4.78 is 51.8. The Balaban J connectivity index is 1.83. The fourth-order valence-electron chi connectivity index (χ4n) is 4.38. The smallest absolute Gasteiger partial charge is 0.416 e. The Morgan fingerprint density at radius 1 is 1.08 bits per heavy atom. The summed E-state index contributed by atoms with van der Waals surface area (Å²) in [5.41, 5.74) is 1.57. The Morgan fingerprint density at radius 3 is 2.47 bits per heavy atom. The van der Waals surface area contributed by atoms with E-state index in [2.05, 4.69) is 10.3 Å². The van der Waals surface area contributed by atoms with Gasteiger partial charge in [0.15, 0.2) is 5.78 Å². The van der Waals surface area contributed by atoms with Gasteiger partial charge in [0.1, 0.15) is 24.1 Å². The number of anilines is 1. The first-order chi connectivity index (χ1) is 18.0. The number of carbonyl (C=O) groups excluding carboxylic acids is 1. The van der Waals surface area contributed by atoms with E-state index in [1.54, 1.807) is 43.3 Å². The Kier molecular flexibility index (Phi) is 7.89. The fraction of sp³-hybridized carbons (Fsp3) is 0.250. The van der Waals surface area contributed by atoms with Gasteiger partial charge in [-0.25, -0.2) is 0 Å². The van der Waals surface area contributed by atoms with Gasteiger partial charge in [0.05, 0.1) is 19.3 Å². The predicted octanol–water partition coefficient (Wildman–Crippen LogP) is 6.87. The van der Waals surface area contributed by atoms with E-state index in [9.17, 15) is 18.0 Å². The highest BCUT2D eigenvalue weighted by Gasteiger charge is 2.34. The highest BCUT2D eigenvalue weighted by atomic mass is 35.5. The molecule has 10 heteroatoms. The van der Waals surface area contributed by atoms with Crippen molar-refractivity contribution in [3.8, 4) is 11.5 Å². The standard InChI is InChI=1S/C28H26ClF3N2O4/c1-15-8-17(29)4-5-21(15)26(34-18-10-19(37-3)12-20(11-18)38-7-6-35)27(36)23-14-33-25-9-16(2)24(13-22(23)25)28(30,31)32/h4-5,8-14,26,33-35H,6-7H2,1-3H3. The van der Waals surface area contributed by atoms with E-state index in [0.717, 1.165) is 11.6 Å². The van der Waals surface area contributed by atoms with Crippen LogP contribution in [0, 0.1) is 13.8 Å². The van der Waals surface area contributed by atoms with E-state index >= 15 is 0 Å². The first kappa shape index (κ1) is 27.3. The van der Waals surface area contributed by atoms with Gasteiger partial charge in [-0.05, 0) is 54.8 Å².